The van der Waals surface area contributed by atoms with Crippen LogP contribution in [0.5, 0.6) is 0 Å². The van der Waals surface area contributed by atoms with Gasteiger partial charge in [-0.25, -0.2) is 0 Å². The quantitative estimate of drug-likeness (QED) is 0.699. The van der Waals surface area contributed by atoms with Gasteiger partial charge in [-0.2, -0.15) is 11.8 Å². The molecule has 0 aromatic carbocycles. The van der Waals surface area contributed by atoms with Gasteiger partial charge in [0.1, 0.15) is 0 Å². The lowest BCUT2D eigenvalue weighted by molar-refractivity contribution is 0.269. The van der Waals surface area contributed by atoms with Gasteiger partial charge in [0.25, 0.3) is 0 Å². The minimum absolute atomic E-state index is 0.762. The van der Waals surface area contributed by atoms with E-state index in [0.717, 1.165) is 23.8 Å². The van der Waals surface area contributed by atoms with E-state index < -0.39 is 0 Å². The fourth-order valence-corrected chi connectivity index (χ4v) is 2.81. The highest BCUT2D eigenvalue weighted by Crippen LogP contribution is 2.31. The predicted molar refractivity (Wildman–Crippen MR) is 67.0 cm³/mol. The van der Waals surface area contributed by atoms with Crippen molar-refractivity contribution in [3.8, 4) is 0 Å². The molecule has 0 spiro atoms. The normalized spacial score (nSPS) is 19.7. The van der Waals surface area contributed by atoms with Crippen LogP contribution in [0.15, 0.2) is 0 Å². The average molecular weight is 215 g/mol. The molecule has 0 amide bonds. The van der Waals surface area contributed by atoms with Crippen LogP contribution in [0.4, 0.5) is 0 Å². The molecule has 1 rings (SSSR count). The van der Waals surface area contributed by atoms with E-state index in [2.05, 4.69) is 37.8 Å². The molecule has 1 aliphatic carbocycles. The van der Waals surface area contributed by atoms with Crippen molar-refractivity contribution in [2.45, 2.75) is 57.7 Å². The Morgan fingerprint density at radius 3 is 2.50 bits per heavy atom. The van der Waals surface area contributed by atoms with Gasteiger partial charge in [-0.15, -0.1) is 0 Å². The number of thioether (sulfide) groups is 1. The molecule has 1 atom stereocenters. The maximum atomic E-state index is 3.62. The van der Waals surface area contributed by atoms with E-state index in [4.69, 9.17) is 0 Å². The van der Waals surface area contributed by atoms with E-state index in [0.29, 0.717) is 0 Å². The third kappa shape index (κ3) is 4.70. The summed E-state index contributed by atoms with van der Waals surface area (Å²) in [6.07, 6.45) is 5.84. The first-order valence-corrected chi connectivity index (χ1v) is 7.12. The van der Waals surface area contributed by atoms with Gasteiger partial charge in [-0.05, 0) is 24.1 Å². The van der Waals surface area contributed by atoms with Crippen LogP contribution in [-0.2, 0) is 0 Å². The Labute approximate surface area is 93.4 Å². The molecule has 0 bridgehead atoms. The van der Waals surface area contributed by atoms with Crippen molar-refractivity contribution in [2.24, 2.45) is 5.92 Å². The molecule has 0 aromatic rings. The first kappa shape index (κ1) is 12.4. The third-order valence-electron chi connectivity index (χ3n) is 2.97. The van der Waals surface area contributed by atoms with Gasteiger partial charge in [0, 0.05) is 11.8 Å². The Kier molecular flexibility index (Phi) is 5.95. The monoisotopic (exact) mass is 215 g/mol. The summed E-state index contributed by atoms with van der Waals surface area (Å²) in [4.78, 5) is 0. The SMILES string of the molecule is CCNC(CSC(C)C)CC1CCC1. The van der Waals surface area contributed by atoms with Gasteiger partial charge in [-0.1, -0.05) is 40.0 Å². The highest BCUT2D eigenvalue weighted by molar-refractivity contribution is 7.99. The molecule has 14 heavy (non-hydrogen) atoms. The van der Waals surface area contributed by atoms with Gasteiger partial charge in [0.2, 0.25) is 0 Å². The maximum absolute atomic E-state index is 3.62. The van der Waals surface area contributed by atoms with Crippen molar-refractivity contribution >= 4 is 11.8 Å². The zero-order valence-electron chi connectivity index (χ0n) is 9.88. The molecule has 1 nitrogen and oxygen atoms in total. The van der Waals surface area contributed by atoms with Crippen molar-refractivity contribution in [1.29, 1.82) is 0 Å². The molecule has 0 saturated heterocycles. The molecule has 1 N–H and O–H groups in total. The topological polar surface area (TPSA) is 12.0 Å². The molecule has 84 valence electrons. The lowest BCUT2D eigenvalue weighted by atomic mass is 9.81. The summed E-state index contributed by atoms with van der Waals surface area (Å²) in [5, 5.41) is 4.39. The summed E-state index contributed by atoms with van der Waals surface area (Å²) >= 11 is 2.09. The zero-order valence-corrected chi connectivity index (χ0v) is 10.7. The Balaban J connectivity index is 2.15. The van der Waals surface area contributed by atoms with Crippen LogP contribution < -0.4 is 5.32 Å². The third-order valence-corrected chi connectivity index (χ3v) is 4.23. The zero-order chi connectivity index (χ0) is 10.4. The summed E-state index contributed by atoms with van der Waals surface area (Å²) in [7, 11) is 0. The lowest BCUT2D eigenvalue weighted by Gasteiger charge is -2.30. The number of rotatable bonds is 7. The molecule has 1 saturated carbocycles. The molecule has 2 heteroatoms. The molecule has 1 aliphatic rings. The second-order valence-corrected chi connectivity index (χ2v) is 6.28. The number of hydrogen-bond donors (Lipinski definition) is 1. The van der Waals surface area contributed by atoms with E-state index in [1.165, 1.54) is 31.4 Å². The second-order valence-electron chi connectivity index (χ2n) is 4.67. The van der Waals surface area contributed by atoms with Gasteiger partial charge in [-0.3, -0.25) is 0 Å². The van der Waals surface area contributed by atoms with Crippen molar-refractivity contribution in [1.82, 2.24) is 5.32 Å². The average Bonchev–Trinajstić information content (AvgIpc) is 2.06. The van der Waals surface area contributed by atoms with Gasteiger partial charge >= 0.3 is 0 Å². The van der Waals surface area contributed by atoms with Crippen LogP contribution in [0.3, 0.4) is 0 Å². The van der Waals surface area contributed by atoms with E-state index in [1.807, 2.05) is 0 Å². The minimum atomic E-state index is 0.762. The molecule has 0 aromatic heterocycles. The van der Waals surface area contributed by atoms with Crippen LogP contribution in [0.25, 0.3) is 0 Å². The van der Waals surface area contributed by atoms with E-state index >= 15 is 0 Å². The standard InChI is InChI=1S/C12H25NS/c1-4-13-12(9-14-10(2)3)8-11-6-5-7-11/h10-13H,4-9H2,1-3H3. The highest BCUT2D eigenvalue weighted by atomic mass is 32.2. The number of nitrogens with one attached hydrogen (secondary N) is 1. The van der Waals surface area contributed by atoms with Gasteiger partial charge in [0.15, 0.2) is 0 Å². The Morgan fingerprint density at radius 1 is 1.36 bits per heavy atom. The van der Waals surface area contributed by atoms with Crippen LogP contribution in [0.1, 0.15) is 46.5 Å². The van der Waals surface area contributed by atoms with E-state index in [1.54, 1.807) is 0 Å². The maximum Gasteiger partial charge on any atom is 0.0160 e. The summed E-state index contributed by atoms with van der Waals surface area (Å²) in [5.41, 5.74) is 0. The highest BCUT2D eigenvalue weighted by Gasteiger charge is 2.21. The summed E-state index contributed by atoms with van der Waals surface area (Å²) < 4.78 is 0. The van der Waals surface area contributed by atoms with E-state index in [9.17, 15) is 0 Å². The Morgan fingerprint density at radius 2 is 2.07 bits per heavy atom. The molecule has 0 aliphatic heterocycles. The molecule has 1 fully saturated rings. The van der Waals surface area contributed by atoms with Gasteiger partial charge < -0.3 is 5.32 Å². The van der Waals surface area contributed by atoms with Crippen LogP contribution in [0.2, 0.25) is 0 Å². The first-order chi connectivity index (χ1) is 6.72. The molecule has 0 radical (unpaired) electrons. The van der Waals surface area contributed by atoms with Crippen LogP contribution >= 0.6 is 11.8 Å². The van der Waals surface area contributed by atoms with Gasteiger partial charge in [0.05, 0.1) is 0 Å². The first-order valence-electron chi connectivity index (χ1n) is 6.07. The predicted octanol–water partition coefficient (Wildman–Crippen LogP) is 3.30. The molecule has 0 heterocycles. The fourth-order valence-electron chi connectivity index (χ4n) is 1.94. The smallest absolute Gasteiger partial charge is 0.0160 e. The van der Waals surface area contributed by atoms with E-state index in [-0.39, 0.29) is 0 Å². The fraction of sp³-hybridized carbons (Fsp3) is 1.00. The van der Waals surface area contributed by atoms with Crippen molar-refractivity contribution in [3.63, 3.8) is 0 Å². The van der Waals surface area contributed by atoms with Crippen molar-refractivity contribution in [3.05, 3.63) is 0 Å². The molecular weight excluding hydrogens is 190 g/mol. The van der Waals surface area contributed by atoms with Crippen LogP contribution in [-0.4, -0.2) is 23.6 Å². The van der Waals surface area contributed by atoms with Crippen molar-refractivity contribution in [2.75, 3.05) is 12.3 Å². The number of hydrogen-bond acceptors (Lipinski definition) is 2. The molecular formula is C12H25NS. The lowest BCUT2D eigenvalue weighted by Crippen LogP contribution is -2.35. The minimum Gasteiger partial charge on any atom is -0.313 e. The Bertz CT molecular complexity index is 143. The van der Waals surface area contributed by atoms with Crippen molar-refractivity contribution < 1.29 is 0 Å². The second kappa shape index (κ2) is 6.73. The molecule has 1 unspecified atom stereocenters. The largest absolute Gasteiger partial charge is 0.313 e. The van der Waals surface area contributed by atoms with Crippen LogP contribution in [0, 0.1) is 5.92 Å². The Hall–Kier alpha value is 0.310. The summed E-state index contributed by atoms with van der Waals surface area (Å²) in [6.45, 7) is 7.91. The summed E-state index contributed by atoms with van der Waals surface area (Å²) in [5.74, 6) is 2.33. The summed E-state index contributed by atoms with van der Waals surface area (Å²) in [6, 6.07) is 0.762.